The lowest BCUT2D eigenvalue weighted by Crippen LogP contribution is -2.81. The Bertz CT molecular complexity index is 734. The van der Waals surface area contributed by atoms with E-state index >= 15 is 0 Å². The van der Waals surface area contributed by atoms with E-state index in [1.165, 1.54) is 12.1 Å². The van der Waals surface area contributed by atoms with E-state index in [1.807, 2.05) is 0 Å². The van der Waals surface area contributed by atoms with Crippen molar-refractivity contribution in [2.24, 2.45) is 0 Å². The third kappa shape index (κ3) is 2.45. The largest absolute Gasteiger partial charge is 0.381 e. The molecule has 152 valence electrons. The summed E-state index contributed by atoms with van der Waals surface area (Å²) in [5.74, 6) is -27.9. The average molecular weight is 427 g/mol. The molecule has 3 unspecified atom stereocenters. The highest BCUT2D eigenvalue weighted by Crippen LogP contribution is 2.65. The maximum absolute atomic E-state index is 14.9. The second-order valence-corrected chi connectivity index (χ2v) is 8.75. The van der Waals surface area contributed by atoms with E-state index in [0.717, 1.165) is 0 Å². The molecule has 1 aliphatic carbocycles. The number of hydrogen-bond acceptors (Lipinski definition) is 0. The number of fused-ring (bicyclic) bond motifs is 1. The molecule has 1 fully saturated rings. The van der Waals surface area contributed by atoms with Crippen molar-refractivity contribution in [3.63, 3.8) is 0 Å². The van der Waals surface area contributed by atoms with Gasteiger partial charge in [0.1, 0.15) is 5.75 Å². The van der Waals surface area contributed by atoms with Gasteiger partial charge in [-0.25, -0.2) is 8.78 Å². The molecular weight excluding hydrogens is 414 g/mol. The molecule has 3 rings (SSSR count). The highest BCUT2D eigenvalue weighted by atomic mass is 32.2. The molecule has 2 aliphatic rings. The van der Waals surface area contributed by atoms with Crippen LogP contribution in [-0.4, -0.2) is 47.0 Å². The number of rotatable bonds is 2. The molecule has 1 aliphatic heterocycles. The molecule has 0 N–H and O–H groups in total. The molecule has 1 heterocycles. The first-order valence-electron chi connectivity index (χ1n) is 7.81. The lowest BCUT2D eigenvalue weighted by atomic mass is 9.75. The SMILES string of the molecule is FC1C(F)(F)C(F)(F)C(F)(F)C(F)(F)C1(F)C[S+]1CCCc2ccccc21. The van der Waals surface area contributed by atoms with Gasteiger partial charge in [0.2, 0.25) is 6.17 Å². The van der Waals surface area contributed by atoms with Gasteiger partial charge in [-0.2, -0.15) is 35.1 Å². The highest BCUT2D eigenvalue weighted by Gasteiger charge is 2.95. The normalized spacial score (nSPS) is 36.1. The van der Waals surface area contributed by atoms with Gasteiger partial charge in [0.05, 0.1) is 0 Å². The summed E-state index contributed by atoms with van der Waals surface area (Å²) >= 11 is 0. The zero-order chi connectivity index (χ0) is 20.5. The van der Waals surface area contributed by atoms with Crippen LogP contribution in [0.15, 0.2) is 29.2 Å². The molecule has 1 saturated carbocycles. The van der Waals surface area contributed by atoms with E-state index < -0.39 is 52.2 Å². The van der Waals surface area contributed by atoms with Crippen LogP contribution in [0.25, 0.3) is 0 Å². The highest BCUT2D eigenvalue weighted by molar-refractivity contribution is 7.97. The Morgan fingerprint density at radius 2 is 1.44 bits per heavy atom. The van der Waals surface area contributed by atoms with Crippen molar-refractivity contribution >= 4 is 10.9 Å². The predicted molar refractivity (Wildman–Crippen MR) is 78.7 cm³/mol. The second-order valence-electron chi connectivity index (χ2n) is 6.62. The minimum Gasteiger partial charge on any atom is -0.236 e. The molecule has 1 aromatic rings. The fraction of sp³-hybridized carbons (Fsp3) is 0.625. The summed E-state index contributed by atoms with van der Waals surface area (Å²) in [4.78, 5) is 0.257. The van der Waals surface area contributed by atoms with Crippen LogP contribution in [0.4, 0.5) is 43.9 Å². The molecule has 11 heteroatoms. The second kappa shape index (κ2) is 5.93. The third-order valence-electron chi connectivity index (χ3n) is 4.95. The van der Waals surface area contributed by atoms with E-state index in [0.29, 0.717) is 18.4 Å². The number of hydrogen-bond donors (Lipinski definition) is 0. The summed E-state index contributed by atoms with van der Waals surface area (Å²) < 4.78 is 138. The molecule has 0 bridgehead atoms. The van der Waals surface area contributed by atoms with Crippen molar-refractivity contribution in [2.45, 2.75) is 53.3 Å². The first-order chi connectivity index (χ1) is 12.2. The average Bonchev–Trinajstić information content (AvgIpc) is 2.59. The predicted octanol–water partition coefficient (Wildman–Crippen LogP) is 5.21. The third-order valence-corrected chi connectivity index (χ3v) is 7.52. The van der Waals surface area contributed by atoms with Crippen molar-refractivity contribution in [1.29, 1.82) is 0 Å². The monoisotopic (exact) mass is 427 g/mol. The zero-order valence-electron chi connectivity index (χ0n) is 13.4. The van der Waals surface area contributed by atoms with E-state index in [2.05, 4.69) is 0 Å². The maximum Gasteiger partial charge on any atom is 0.381 e. The molecule has 3 atom stereocenters. The maximum atomic E-state index is 14.9. The Kier molecular flexibility index (Phi) is 4.53. The molecule has 0 radical (unpaired) electrons. The number of halogens is 10. The summed E-state index contributed by atoms with van der Waals surface area (Å²) in [6, 6.07) is 5.95. The molecule has 1 aromatic carbocycles. The fourth-order valence-electron chi connectivity index (χ4n) is 3.38. The van der Waals surface area contributed by atoms with Crippen molar-refractivity contribution < 1.29 is 43.9 Å². The first kappa shape index (κ1) is 20.6. The van der Waals surface area contributed by atoms with Crippen LogP contribution in [0.2, 0.25) is 0 Å². The van der Waals surface area contributed by atoms with Gasteiger partial charge in [-0.1, -0.05) is 18.2 Å². The minimum atomic E-state index is -6.76. The van der Waals surface area contributed by atoms with Gasteiger partial charge >= 0.3 is 23.7 Å². The van der Waals surface area contributed by atoms with Crippen molar-refractivity contribution in [1.82, 2.24) is 0 Å². The van der Waals surface area contributed by atoms with E-state index in [-0.39, 0.29) is 10.6 Å². The summed E-state index contributed by atoms with van der Waals surface area (Å²) in [6.45, 7) is 0. The lowest BCUT2D eigenvalue weighted by molar-refractivity contribution is -0.438. The molecule has 0 saturated heterocycles. The van der Waals surface area contributed by atoms with Crippen molar-refractivity contribution in [3.8, 4) is 0 Å². The Labute approximate surface area is 150 Å². The number of alkyl halides is 10. The Balaban J connectivity index is 2.09. The van der Waals surface area contributed by atoms with Crippen molar-refractivity contribution in [3.05, 3.63) is 29.8 Å². The molecule has 27 heavy (non-hydrogen) atoms. The van der Waals surface area contributed by atoms with Gasteiger partial charge < -0.3 is 0 Å². The summed E-state index contributed by atoms with van der Waals surface area (Å²) in [6.07, 6.45) is -4.03. The number of benzene rings is 1. The summed E-state index contributed by atoms with van der Waals surface area (Å²) in [5.41, 5.74) is -4.59. The van der Waals surface area contributed by atoms with Crippen molar-refractivity contribution in [2.75, 3.05) is 11.5 Å². The smallest absolute Gasteiger partial charge is 0.236 e. The molecular formula is C16H13F10S+. The van der Waals surface area contributed by atoms with Gasteiger partial charge in [0, 0.05) is 16.5 Å². The zero-order valence-corrected chi connectivity index (χ0v) is 14.2. The van der Waals surface area contributed by atoms with Crippen LogP contribution in [0, 0.1) is 0 Å². The van der Waals surface area contributed by atoms with Crippen LogP contribution in [0.1, 0.15) is 12.0 Å². The van der Waals surface area contributed by atoms with Gasteiger partial charge in [-0.05, 0) is 18.9 Å². The Hall–Kier alpha value is -1.13. The molecule has 0 spiro atoms. The standard InChI is InChI=1S/C16H13F10S/c17-11-12(18,8-27-7-3-5-9-4-1-2-6-10(9)27)14(21,22)16(25,26)15(23,24)13(11,19)20/h1-2,4,6,11H,3,5,7-8H2/q+1. The lowest BCUT2D eigenvalue weighted by Gasteiger charge is -2.49. The van der Waals surface area contributed by atoms with Crippen LogP contribution in [0.3, 0.4) is 0 Å². The summed E-state index contributed by atoms with van der Waals surface area (Å²) in [7, 11) is -1.62. The van der Waals surface area contributed by atoms with Gasteiger partial charge in [-0.3, -0.25) is 0 Å². The molecule has 0 nitrogen and oxygen atoms in total. The Morgan fingerprint density at radius 1 is 0.852 bits per heavy atom. The van der Waals surface area contributed by atoms with Gasteiger partial charge in [0.25, 0.3) is 5.67 Å². The van der Waals surface area contributed by atoms with E-state index in [9.17, 15) is 43.9 Å². The fourth-order valence-corrected chi connectivity index (χ4v) is 6.04. The van der Waals surface area contributed by atoms with Gasteiger partial charge in [-0.15, -0.1) is 0 Å². The summed E-state index contributed by atoms with van der Waals surface area (Å²) in [5, 5.41) is 0. The quantitative estimate of drug-likeness (QED) is 0.449. The number of aryl methyl sites for hydroxylation is 1. The Morgan fingerprint density at radius 3 is 2.07 bits per heavy atom. The van der Waals surface area contributed by atoms with Crippen LogP contribution >= 0.6 is 0 Å². The van der Waals surface area contributed by atoms with E-state index in [4.69, 9.17) is 0 Å². The minimum absolute atomic E-state index is 0.0288. The first-order valence-corrected chi connectivity index (χ1v) is 9.38. The van der Waals surface area contributed by atoms with Crippen LogP contribution in [0.5, 0.6) is 0 Å². The van der Waals surface area contributed by atoms with Crippen LogP contribution < -0.4 is 0 Å². The van der Waals surface area contributed by atoms with E-state index in [1.54, 1.807) is 12.1 Å². The van der Waals surface area contributed by atoms with Gasteiger partial charge in [0.15, 0.2) is 10.6 Å². The van der Waals surface area contributed by atoms with Crippen LogP contribution in [-0.2, 0) is 17.3 Å². The molecule has 0 aromatic heterocycles. The molecule has 0 amide bonds. The topological polar surface area (TPSA) is 0 Å².